The van der Waals surface area contributed by atoms with Crippen molar-refractivity contribution in [3.8, 4) is 11.5 Å². The molecule has 0 radical (unpaired) electrons. The lowest BCUT2D eigenvalue weighted by Gasteiger charge is -2.06. The topological polar surface area (TPSA) is 87.9 Å². The summed E-state index contributed by atoms with van der Waals surface area (Å²) in [7, 11) is 0. The Morgan fingerprint density at radius 2 is 2.00 bits per heavy atom. The van der Waals surface area contributed by atoms with E-state index in [4.69, 9.17) is 25.8 Å². The van der Waals surface area contributed by atoms with Crippen LogP contribution in [-0.4, -0.2) is 17.7 Å². The van der Waals surface area contributed by atoms with Crippen molar-refractivity contribution in [1.82, 2.24) is 0 Å². The van der Waals surface area contributed by atoms with Crippen molar-refractivity contribution in [2.75, 3.05) is 6.79 Å². The van der Waals surface area contributed by atoms with E-state index in [2.05, 4.69) is 0 Å². The van der Waals surface area contributed by atoms with Crippen molar-refractivity contribution in [2.24, 2.45) is 0 Å². The third-order valence-electron chi connectivity index (χ3n) is 3.19. The third-order valence-corrected chi connectivity index (χ3v) is 3.51. The highest BCUT2D eigenvalue weighted by atomic mass is 35.5. The van der Waals surface area contributed by atoms with Crippen molar-refractivity contribution >= 4 is 23.3 Å². The average Bonchev–Trinajstić information content (AvgIpc) is 3.00. The first-order valence-electron chi connectivity index (χ1n) is 6.54. The maximum absolute atomic E-state index is 12.0. The maximum Gasteiger partial charge on any atom is 0.338 e. The number of carbonyl (C=O) groups is 1. The van der Waals surface area contributed by atoms with Crippen LogP contribution in [0.1, 0.15) is 15.9 Å². The van der Waals surface area contributed by atoms with Gasteiger partial charge < -0.3 is 14.2 Å². The Balaban J connectivity index is 1.70. The number of nitro benzene ring substituents is 1. The molecule has 0 saturated heterocycles. The maximum atomic E-state index is 12.0. The van der Waals surface area contributed by atoms with Crippen LogP contribution >= 0.6 is 11.6 Å². The summed E-state index contributed by atoms with van der Waals surface area (Å²) >= 11 is 5.70. The number of hydrogen-bond acceptors (Lipinski definition) is 6. The van der Waals surface area contributed by atoms with Crippen LogP contribution in [0.2, 0.25) is 5.02 Å². The van der Waals surface area contributed by atoms with Gasteiger partial charge in [0.1, 0.15) is 11.6 Å². The van der Waals surface area contributed by atoms with E-state index in [1.165, 1.54) is 12.1 Å². The molecule has 0 N–H and O–H groups in total. The lowest BCUT2D eigenvalue weighted by Crippen LogP contribution is -2.06. The number of halogens is 1. The molecule has 0 aromatic heterocycles. The van der Waals surface area contributed by atoms with Crippen molar-refractivity contribution in [1.29, 1.82) is 0 Å². The van der Waals surface area contributed by atoms with Crippen LogP contribution in [0, 0.1) is 10.1 Å². The number of rotatable bonds is 4. The highest BCUT2D eigenvalue weighted by molar-refractivity contribution is 6.32. The van der Waals surface area contributed by atoms with E-state index in [0.29, 0.717) is 17.1 Å². The first-order chi connectivity index (χ1) is 11.0. The minimum Gasteiger partial charge on any atom is -0.457 e. The minimum absolute atomic E-state index is 0.00585. The van der Waals surface area contributed by atoms with E-state index >= 15 is 0 Å². The summed E-state index contributed by atoms with van der Waals surface area (Å²) in [5.41, 5.74) is 0.428. The lowest BCUT2D eigenvalue weighted by atomic mass is 10.2. The summed E-state index contributed by atoms with van der Waals surface area (Å²) in [6.45, 7) is 0.166. The van der Waals surface area contributed by atoms with Crippen molar-refractivity contribution < 1.29 is 23.9 Å². The van der Waals surface area contributed by atoms with Gasteiger partial charge in [-0.25, -0.2) is 4.79 Å². The van der Waals surface area contributed by atoms with Crippen LogP contribution in [0.5, 0.6) is 11.5 Å². The summed E-state index contributed by atoms with van der Waals surface area (Å²) in [5.74, 6) is 0.538. The molecule has 1 aliphatic rings. The largest absolute Gasteiger partial charge is 0.457 e. The van der Waals surface area contributed by atoms with Crippen LogP contribution in [0.15, 0.2) is 36.4 Å². The Morgan fingerprint density at radius 1 is 1.22 bits per heavy atom. The molecule has 7 nitrogen and oxygen atoms in total. The van der Waals surface area contributed by atoms with E-state index in [-0.39, 0.29) is 29.7 Å². The van der Waals surface area contributed by atoms with Gasteiger partial charge in [-0.3, -0.25) is 10.1 Å². The van der Waals surface area contributed by atoms with Gasteiger partial charge in [-0.15, -0.1) is 0 Å². The number of hydrogen-bond donors (Lipinski definition) is 0. The first kappa shape index (κ1) is 15.1. The van der Waals surface area contributed by atoms with Gasteiger partial charge in [-0.1, -0.05) is 17.7 Å². The molecule has 1 aliphatic heterocycles. The van der Waals surface area contributed by atoms with Gasteiger partial charge >= 0.3 is 5.97 Å². The monoisotopic (exact) mass is 335 g/mol. The van der Waals surface area contributed by atoms with Crippen LogP contribution in [0.3, 0.4) is 0 Å². The van der Waals surface area contributed by atoms with E-state index in [1.807, 2.05) is 0 Å². The molecule has 0 aliphatic carbocycles. The average molecular weight is 336 g/mol. The SMILES string of the molecule is O=C(OCc1ccc2c(c1)OCO2)c1ccc(Cl)c([N+](=O)[O-])c1. The normalized spacial score (nSPS) is 12.0. The van der Waals surface area contributed by atoms with Crippen molar-refractivity contribution in [3.05, 3.63) is 62.7 Å². The number of benzene rings is 2. The molecule has 0 fully saturated rings. The molecule has 3 rings (SSSR count). The smallest absolute Gasteiger partial charge is 0.338 e. The zero-order valence-corrected chi connectivity index (χ0v) is 12.4. The number of fused-ring (bicyclic) bond motifs is 1. The fraction of sp³-hybridized carbons (Fsp3) is 0.133. The minimum atomic E-state index is -0.678. The molecule has 0 spiro atoms. The summed E-state index contributed by atoms with van der Waals surface area (Å²) in [4.78, 5) is 22.2. The second kappa shape index (κ2) is 6.13. The highest BCUT2D eigenvalue weighted by Crippen LogP contribution is 2.32. The summed E-state index contributed by atoms with van der Waals surface area (Å²) in [6, 6.07) is 8.92. The lowest BCUT2D eigenvalue weighted by molar-refractivity contribution is -0.384. The van der Waals surface area contributed by atoms with Crippen LogP contribution in [0.25, 0.3) is 0 Å². The van der Waals surface area contributed by atoms with Gasteiger partial charge in [0, 0.05) is 6.07 Å². The fourth-order valence-electron chi connectivity index (χ4n) is 2.04. The van der Waals surface area contributed by atoms with Gasteiger partial charge in [0.05, 0.1) is 10.5 Å². The van der Waals surface area contributed by atoms with Crippen LogP contribution < -0.4 is 9.47 Å². The zero-order valence-electron chi connectivity index (χ0n) is 11.7. The van der Waals surface area contributed by atoms with Gasteiger partial charge in [0.15, 0.2) is 11.5 Å². The van der Waals surface area contributed by atoms with E-state index < -0.39 is 10.9 Å². The Bertz CT molecular complexity index is 792. The second-order valence-corrected chi connectivity index (χ2v) is 5.09. The third kappa shape index (κ3) is 3.19. The van der Waals surface area contributed by atoms with E-state index in [0.717, 1.165) is 6.07 Å². The number of esters is 1. The van der Waals surface area contributed by atoms with Crippen LogP contribution in [-0.2, 0) is 11.3 Å². The molecule has 0 amide bonds. The molecule has 0 saturated carbocycles. The highest BCUT2D eigenvalue weighted by Gasteiger charge is 2.18. The summed E-state index contributed by atoms with van der Waals surface area (Å²) < 4.78 is 15.6. The molecular weight excluding hydrogens is 326 g/mol. The number of ether oxygens (including phenoxy) is 3. The molecule has 23 heavy (non-hydrogen) atoms. The van der Waals surface area contributed by atoms with Gasteiger partial charge in [-0.2, -0.15) is 0 Å². The van der Waals surface area contributed by atoms with Gasteiger partial charge in [-0.05, 0) is 29.8 Å². The van der Waals surface area contributed by atoms with Gasteiger partial charge in [0.25, 0.3) is 5.69 Å². The Kier molecular flexibility index (Phi) is 4.03. The molecular formula is C15H10ClNO6. The molecule has 118 valence electrons. The standard InChI is InChI=1S/C15H10ClNO6/c16-11-3-2-10(6-12(11)17(19)20)15(18)21-7-9-1-4-13-14(5-9)23-8-22-13/h1-6H,7-8H2. The van der Waals surface area contributed by atoms with E-state index in [1.54, 1.807) is 18.2 Å². The Morgan fingerprint density at radius 3 is 2.78 bits per heavy atom. The second-order valence-electron chi connectivity index (χ2n) is 4.69. The van der Waals surface area contributed by atoms with E-state index in [9.17, 15) is 14.9 Å². The van der Waals surface area contributed by atoms with Gasteiger partial charge in [0.2, 0.25) is 6.79 Å². The molecule has 8 heteroatoms. The summed E-state index contributed by atoms with van der Waals surface area (Å²) in [5, 5.41) is 10.8. The fourth-order valence-corrected chi connectivity index (χ4v) is 2.23. The van der Waals surface area contributed by atoms with Crippen molar-refractivity contribution in [2.45, 2.75) is 6.61 Å². The quantitative estimate of drug-likeness (QED) is 0.484. The first-order valence-corrected chi connectivity index (χ1v) is 6.92. The predicted molar refractivity (Wildman–Crippen MR) is 79.8 cm³/mol. The predicted octanol–water partition coefficient (Wildman–Crippen LogP) is 3.33. The molecule has 0 atom stereocenters. The molecule has 2 aromatic rings. The van der Waals surface area contributed by atoms with Crippen LogP contribution in [0.4, 0.5) is 5.69 Å². The number of carbonyl (C=O) groups excluding carboxylic acids is 1. The number of nitrogens with zero attached hydrogens (tertiary/aromatic N) is 1. The molecule has 0 bridgehead atoms. The Labute approximate surface area is 135 Å². The number of nitro groups is 1. The summed E-state index contributed by atoms with van der Waals surface area (Å²) in [6.07, 6.45) is 0. The van der Waals surface area contributed by atoms with Crippen molar-refractivity contribution in [3.63, 3.8) is 0 Å². The Hall–Kier alpha value is -2.80. The molecule has 1 heterocycles. The molecule has 0 unspecified atom stereocenters. The molecule has 2 aromatic carbocycles. The zero-order chi connectivity index (χ0) is 16.4.